The van der Waals surface area contributed by atoms with Gasteiger partial charge in [0.25, 0.3) is 0 Å². The van der Waals surface area contributed by atoms with Crippen LogP contribution in [0.2, 0.25) is 0 Å². The van der Waals surface area contributed by atoms with Crippen molar-refractivity contribution in [3.8, 4) is 0 Å². The molecular weight excluding hydrogens is 200 g/mol. The number of rotatable bonds is 7. The molecule has 14 heavy (non-hydrogen) atoms. The summed E-state index contributed by atoms with van der Waals surface area (Å²) in [6.45, 7) is 6.68. The lowest BCUT2D eigenvalue weighted by Crippen LogP contribution is -2.42. The first kappa shape index (κ1) is 13.9. The number of nitrogens with two attached hydrogens (primary N) is 1. The zero-order valence-corrected chi connectivity index (χ0v) is 10.2. The van der Waals surface area contributed by atoms with Gasteiger partial charge in [0.05, 0.1) is 5.75 Å². The van der Waals surface area contributed by atoms with Crippen molar-refractivity contribution in [3.63, 3.8) is 0 Å². The quantitative estimate of drug-likeness (QED) is 0.665. The fourth-order valence-corrected chi connectivity index (χ4v) is 1.96. The fourth-order valence-electron chi connectivity index (χ4n) is 1.23. The highest BCUT2D eigenvalue weighted by atomic mass is 32.2. The summed E-state index contributed by atoms with van der Waals surface area (Å²) in [5.74, 6) is 0.126. The summed E-state index contributed by atoms with van der Waals surface area (Å²) in [4.78, 5) is 0. The van der Waals surface area contributed by atoms with E-state index in [1.165, 1.54) is 0 Å². The largest absolute Gasteiger partial charge is 0.330 e. The van der Waals surface area contributed by atoms with Crippen LogP contribution in [0.25, 0.3) is 0 Å². The highest BCUT2D eigenvalue weighted by Gasteiger charge is 2.25. The number of hydrogen-bond acceptors (Lipinski definition) is 3. The van der Waals surface area contributed by atoms with Gasteiger partial charge in [-0.15, -0.1) is 0 Å². The molecule has 3 N–H and O–H groups in total. The Hall–Kier alpha value is -0.130. The number of sulfonamides is 1. The zero-order valence-electron chi connectivity index (χ0n) is 9.34. The Morgan fingerprint density at radius 1 is 1.21 bits per heavy atom. The van der Waals surface area contributed by atoms with Gasteiger partial charge in [-0.1, -0.05) is 13.8 Å². The van der Waals surface area contributed by atoms with Crippen LogP contribution in [0.3, 0.4) is 0 Å². The van der Waals surface area contributed by atoms with Crippen LogP contribution in [0, 0.1) is 5.41 Å². The minimum absolute atomic E-state index is 0.0811. The Bertz CT molecular complexity index is 237. The van der Waals surface area contributed by atoms with E-state index >= 15 is 0 Å². The average molecular weight is 222 g/mol. The summed E-state index contributed by atoms with van der Waals surface area (Å²) in [5.41, 5.74) is 5.58. The van der Waals surface area contributed by atoms with Gasteiger partial charge in [-0.05, 0) is 31.7 Å². The molecule has 0 saturated carbocycles. The maximum absolute atomic E-state index is 11.2. The van der Waals surface area contributed by atoms with Gasteiger partial charge >= 0.3 is 0 Å². The first-order chi connectivity index (χ1) is 6.45. The average Bonchev–Trinajstić information content (AvgIpc) is 2.21. The highest BCUT2D eigenvalue weighted by molar-refractivity contribution is 7.89. The smallest absolute Gasteiger partial charge is 0.211 e. The first-order valence-corrected chi connectivity index (χ1v) is 6.78. The third-order valence-corrected chi connectivity index (χ3v) is 4.32. The first-order valence-electron chi connectivity index (χ1n) is 5.12. The minimum Gasteiger partial charge on any atom is -0.330 e. The monoisotopic (exact) mass is 222 g/mol. The number of hydrogen-bond donors (Lipinski definition) is 2. The molecule has 4 nitrogen and oxygen atoms in total. The van der Waals surface area contributed by atoms with E-state index in [4.69, 9.17) is 5.73 Å². The third kappa shape index (κ3) is 3.94. The van der Waals surface area contributed by atoms with Crippen LogP contribution < -0.4 is 10.5 Å². The third-order valence-electron chi connectivity index (χ3n) is 2.98. The molecule has 0 rings (SSSR count). The van der Waals surface area contributed by atoms with Crippen LogP contribution in [-0.2, 0) is 10.0 Å². The molecule has 0 aliphatic carbocycles. The lowest BCUT2D eigenvalue weighted by atomic mass is 9.83. The van der Waals surface area contributed by atoms with Crippen molar-refractivity contribution in [2.75, 3.05) is 18.8 Å². The minimum atomic E-state index is -3.09. The van der Waals surface area contributed by atoms with Crippen molar-refractivity contribution in [1.29, 1.82) is 0 Å². The SMILES string of the molecule is CCC(CC)(CN)CNS(=O)(=O)CC. The van der Waals surface area contributed by atoms with Crippen molar-refractivity contribution in [3.05, 3.63) is 0 Å². The van der Waals surface area contributed by atoms with Gasteiger partial charge in [-0.3, -0.25) is 0 Å². The van der Waals surface area contributed by atoms with Crippen LogP contribution in [0.15, 0.2) is 0 Å². The van der Waals surface area contributed by atoms with Crippen molar-refractivity contribution in [2.45, 2.75) is 33.6 Å². The number of nitrogens with one attached hydrogen (secondary N) is 1. The molecule has 0 saturated heterocycles. The Balaban J connectivity index is 4.34. The summed E-state index contributed by atoms with van der Waals surface area (Å²) in [6.07, 6.45) is 1.79. The second-order valence-electron chi connectivity index (χ2n) is 3.64. The second-order valence-corrected chi connectivity index (χ2v) is 5.73. The Morgan fingerprint density at radius 2 is 1.71 bits per heavy atom. The van der Waals surface area contributed by atoms with Gasteiger partial charge in [-0.25, -0.2) is 13.1 Å². The molecule has 0 aliphatic rings. The molecule has 0 amide bonds. The molecule has 0 aromatic carbocycles. The van der Waals surface area contributed by atoms with Crippen LogP contribution in [0.5, 0.6) is 0 Å². The maximum Gasteiger partial charge on any atom is 0.211 e. The van der Waals surface area contributed by atoms with E-state index in [1.807, 2.05) is 13.8 Å². The molecule has 0 bridgehead atoms. The van der Waals surface area contributed by atoms with E-state index in [9.17, 15) is 8.42 Å². The van der Waals surface area contributed by atoms with Crippen LogP contribution >= 0.6 is 0 Å². The molecule has 0 fully saturated rings. The van der Waals surface area contributed by atoms with Crippen molar-refractivity contribution < 1.29 is 8.42 Å². The topological polar surface area (TPSA) is 72.2 Å². The fraction of sp³-hybridized carbons (Fsp3) is 1.00. The highest BCUT2D eigenvalue weighted by Crippen LogP contribution is 2.23. The molecule has 5 heteroatoms. The summed E-state index contributed by atoms with van der Waals surface area (Å²) in [5, 5.41) is 0. The Kier molecular flexibility index (Phi) is 5.63. The van der Waals surface area contributed by atoms with Gasteiger partial charge in [-0.2, -0.15) is 0 Å². The lowest BCUT2D eigenvalue weighted by Gasteiger charge is -2.30. The summed E-state index contributed by atoms with van der Waals surface area (Å²) in [7, 11) is -3.09. The van der Waals surface area contributed by atoms with Crippen LogP contribution in [0.1, 0.15) is 33.6 Å². The lowest BCUT2D eigenvalue weighted by molar-refractivity contribution is 0.275. The molecule has 0 aliphatic heterocycles. The normalized spacial score (nSPS) is 13.1. The van der Waals surface area contributed by atoms with Gasteiger partial charge in [0, 0.05) is 6.54 Å². The second kappa shape index (κ2) is 5.68. The molecule has 0 aromatic heterocycles. The molecule has 0 atom stereocenters. The van der Waals surface area contributed by atoms with Gasteiger partial charge < -0.3 is 5.73 Å². The summed E-state index contributed by atoms with van der Waals surface area (Å²) in [6, 6.07) is 0. The maximum atomic E-state index is 11.2. The van der Waals surface area contributed by atoms with Gasteiger partial charge in [0.15, 0.2) is 0 Å². The van der Waals surface area contributed by atoms with E-state index in [0.717, 1.165) is 12.8 Å². The van der Waals surface area contributed by atoms with Crippen LogP contribution in [-0.4, -0.2) is 27.3 Å². The Morgan fingerprint density at radius 3 is 2.00 bits per heavy atom. The molecule has 86 valence electrons. The van der Waals surface area contributed by atoms with E-state index in [2.05, 4.69) is 4.72 Å². The van der Waals surface area contributed by atoms with Gasteiger partial charge in [0.2, 0.25) is 10.0 Å². The Labute approximate surface area is 87.3 Å². The van der Waals surface area contributed by atoms with E-state index in [0.29, 0.717) is 13.1 Å². The predicted molar refractivity (Wildman–Crippen MR) is 59.5 cm³/mol. The van der Waals surface area contributed by atoms with E-state index in [1.54, 1.807) is 6.92 Å². The predicted octanol–water partition coefficient (Wildman–Crippen LogP) is 0.691. The van der Waals surface area contributed by atoms with Gasteiger partial charge in [0.1, 0.15) is 0 Å². The van der Waals surface area contributed by atoms with Crippen molar-refractivity contribution >= 4 is 10.0 Å². The summed E-state index contributed by atoms with van der Waals surface area (Å²) >= 11 is 0. The molecule has 0 spiro atoms. The van der Waals surface area contributed by atoms with Crippen molar-refractivity contribution in [2.24, 2.45) is 11.1 Å². The molecule has 0 radical (unpaired) electrons. The zero-order chi connectivity index (χ0) is 11.2. The summed E-state index contributed by atoms with van der Waals surface area (Å²) < 4.78 is 25.1. The molecule has 0 heterocycles. The molecule has 0 unspecified atom stereocenters. The van der Waals surface area contributed by atoms with Crippen LogP contribution in [0.4, 0.5) is 0 Å². The molecule has 0 aromatic rings. The van der Waals surface area contributed by atoms with Crippen molar-refractivity contribution in [1.82, 2.24) is 4.72 Å². The molecular formula is C9H22N2O2S. The van der Waals surface area contributed by atoms with E-state index in [-0.39, 0.29) is 11.2 Å². The van der Waals surface area contributed by atoms with E-state index < -0.39 is 10.0 Å². The standard InChI is InChI=1S/C9H22N2O2S/c1-4-9(5-2,7-10)8-11-14(12,13)6-3/h11H,4-8,10H2,1-3H3.